The molecule has 0 aliphatic rings. The Morgan fingerprint density at radius 1 is 0.957 bits per heavy atom. The number of benzene rings is 2. The van der Waals surface area contributed by atoms with Gasteiger partial charge in [-0.05, 0) is 30.4 Å². The number of halogens is 1. The van der Waals surface area contributed by atoms with E-state index in [1.807, 2.05) is 48.6 Å². The number of aromatic nitrogens is 1. The second kappa shape index (κ2) is 6.71. The zero-order chi connectivity index (χ0) is 16.2. The number of methoxy groups -OCH3 is 2. The van der Waals surface area contributed by atoms with Crippen molar-refractivity contribution >= 4 is 34.7 Å². The Balaban J connectivity index is 1.99. The van der Waals surface area contributed by atoms with E-state index >= 15 is 0 Å². The Kier molecular flexibility index (Phi) is 4.49. The van der Waals surface area contributed by atoms with Gasteiger partial charge in [-0.25, -0.2) is 4.98 Å². The van der Waals surface area contributed by atoms with Crippen molar-refractivity contribution in [1.29, 1.82) is 0 Å². The quantitative estimate of drug-likeness (QED) is 0.670. The van der Waals surface area contributed by atoms with Gasteiger partial charge in [0.1, 0.15) is 0 Å². The standard InChI is InChI=1S/C19H16ClNO2/c1-22-18-12-15(20)11-14(19(18)23-2)8-10-16-9-7-13-5-3-4-6-17(13)21-16/h3-12H,1-2H3/b10-8+. The van der Waals surface area contributed by atoms with Gasteiger partial charge in [0, 0.05) is 22.0 Å². The van der Waals surface area contributed by atoms with E-state index in [9.17, 15) is 0 Å². The largest absolute Gasteiger partial charge is 0.493 e. The van der Waals surface area contributed by atoms with Gasteiger partial charge in [0.25, 0.3) is 0 Å². The fraction of sp³-hybridized carbons (Fsp3) is 0.105. The summed E-state index contributed by atoms with van der Waals surface area (Å²) in [5.41, 5.74) is 2.67. The topological polar surface area (TPSA) is 31.4 Å². The van der Waals surface area contributed by atoms with Crippen LogP contribution in [0.4, 0.5) is 0 Å². The van der Waals surface area contributed by atoms with Crippen LogP contribution in [-0.2, 0) is 0 Å². The molecular formula is C19H16ClNO2. The van der Waals surface area contributed by atoms with Crippen LogP contribution >= 0.6 is 11.6 Å². The average molecular weight is 326 g/mol. The summed E-state index contributed by atoms with van der Waals surface area (Å²) in [5, 5.41) is 1.71. The second-order valence-corrected chi connectivity index (χ2v) is 5.43. The molecule has 0 radical (unpaired) electrons. The van der Waals surface area contributed by atoms with Gasteiger partial charge in [-0.1, -0.05) is 35.9 Å². The third-order valence-corrected chi connectivity index (χ3v) is 3.74. The smallest absolute Gasteiger partial charge is 0.168 e. The number of fused-ring (bicyclic) bond motifs is 1. The summed E-state index contributed by atoms with van der Waals surface area (Å²) in [6.07, 6.45) is 3.85. The van der Waals surface area contributed by atoms with Crippen molar-refractivity contribution in [2.45, 2.75) is 0 Å². The Bertz CT molecular complexity index is 874. The summed E-state index contributed by atoms with van der Waals surface area (Å²) in [5.74, 6) is 1.25. The molecular weight excluding hydrogens is 310 g/mol. The number of rotatable bonds is 4. The Hall–Kier alpha value is -2.52. The van der Waals surface area contributed by atoms with Crippen molar-refractivity contribution in [2.24, 2.45) is 0 Å². The molecule has 0 spiro atoms. The minimum atomic E-state index is 0.591. The highest BCUT2D eigenvalue weighted by atomic mass is 35.5. The Morgan fingerprint density at radius 2 is 1.78 bits per heavy atom. The van der Waals surface area contributed by atoms with Crippen LogP contribution in [-0.4, -0.2) is 19.2 Å². The van der Waals surface area contributed by atoms with E-state index in [0.29, 0.717) is 16.5 Å². The van der Waals surface area contributed by atoms with Crippen molar-refractivity contribution in [3.05, 3.63) is 64.8 Å². The van der Waals surface area contributed by atoms with Gasteiger partial charge >= 0.3 is 0 Å². The van der Waals surface area contributed by atoms with Crippen LogP contribution in [0, 0.1) is 0 Å². The molecule has 3 aromatic rings. The maximum atomic E-state index is 6.13. The van der Waals surface area contributed by atoms with Crippen LogP contribution in [0.15, 0.2) is 48.5 Å². The van der Waals surface area contributed by atoms with Crippen LogP contribution < -0.4 is 9.47 Å². The molecule has 0 bridgehead atoms. The summed E-state index contributed by atoms with van der Waals surface area (Å²) in [6, 6.07) is 15.6. The van der Waals surface area contributed by atoms with Gasteiger partial charge in [0.2, 0.25) is 0 Å². The van der Waals surface area contributed by atoms with Gasteiger partial charge in [0.05, 0.1) is 25.4 Å². The molecule has 3 rings (SSSR count). The predicted molar refractivity (Wildman–Crippen MR) is 95.2 cm³/mol. The van der Waals surface area contributed by atoms with Crippen LogP contribution in [0.25, 0.3) is 23.1 Å². The number of hydrogen-bond donors (Lipinski definition) is 0. The first kappa shape index (κ1) is 15.4. The van der Waals surface area contributed by atoms with E-state index in [4.69, 9.17) is 21.1 Å². The van der Waals surface area contributed by atoms with Crippen molar-refractivity contribution in [3.8, 4) is 11.5 Å². The molecule has 0 saturated heterocycles. The number of pyridine rings is 1. The second-order valence-electron chi connectivity index (χ2n) is 4.99. The lowest BCUT2D eigenvalue weighted by molar-refractivity contribution is 0.354. The van der Waals surface area contributed by atoms with Gasteiger partial charge in [-0.15, -0.1) is 0 Å². The van der Waals surface area contributed by atoms with Crippen molar-refractivity contribution in [2.75, 3.05) is 14.2 Å². The van der Waals surface area contributed by atoms with Crippen molar-refractivity contribution in [3.63, 3.8) is 0 Å². The molecule has 0 atom stereocenters. The summed E-state index contributed by atoms with van der Waals surface area (Å²) in [7, 11) is 3.20. The fourth-order valence-corrected chi connectivity index (χ4v) is 2.65. The highest BCUT2D eigenvalue weighted by molar-refractivity contribution is 6.31. The number of para-hydroxylation sites is 1. The molecule has 1 heterocycles. The fourth-order valence-electron chi connectivity index (χ4n) is 2.43. The summed E-state index contributed by atoms with van der Waals surface area (Å²) in [6.45, 7) is 0. The van der Waals surface area contributed by atoms with E-state index in [2.05, 4.69) is 11.1 Å². The van der Waals surface area contributed by atoms with E-state index in [1.165, 1.54) is 0 Å². The number of hydrogen-bond acceptors (Lipinski definition) is 3. The Labute approximate surface area is 140 Å². The van der Waals surface area contributed by atoms with E-state index in [-0.39, 0.29) is 0 Å². The molecule has 0 aliphatic carbocycles. The monoisotopic (exact) mass is 325 g/mol. The lowest BCUT2D eigenvalue weighted by Gasteiger charge is -2.11. The molecule has 0 fully saturated rings. The zero-order valence-electron chi connectivity index (χ0n) is 12.9. The molecule has 1 aromatic heterocycles. The minimum absolute atomic E-state index is 0.591. The van der Waals surface area contributed by atoms with Gasteiger partial charge in [-0.2, -0.15) is 0 Å². The van der Waals surface area contributed by atoms with Gasteiger partial charge < -0.3 is 9.47 Å². The van der Waals surface area contributed by atoms with Crippen molar-refractivity contribution in [1.82, 2.24) is 4.98 Å². The summed E-state index contributed by atoms with van der Waals surface area (Å²) < 4.78 is 10.7. The molecule has 0 N–H and O–H groups in total. The minimum Gasteiger partial charge on any atom is -0.493 e. The first-order valence-electron chi connectivity index (χ1n) is 7.16. The maximum absolute atomic E-state index is 6.13. The molecule has 2 aromatic carbocycles. The SMILES string of the molecule is COc1cc(Cl)cc(/C=C/c2ccc3ccccc3n2)c1OC. The summed E-state index contributed by atoms with van der Waals surface area (Å²) in [4.78, 5) is 4.62. The Morgan fingerprint density at radius 3 is 2.57 bits per heavy atom. The van der Waals surface area contributed by atoms with Crippen molar-refractivity contribution < 1.29 is 9.47 Å². The number of ether oxygens (including phenoxy) is 2. The third kappa shape index (κ3) is 3.30. The highest BCUT2D eigenvalue weighted by Crippen LogP contribution is 2.35. The third-order valence-electron chi connectivity index (χ3n) is 3.53. The normalized spacial score (nSPS) is 11.1. The number of nitrogens with zero attached hydrogens (tertiary/aromatic N) is 1. The maximum Gasteiger partial charge on any atom is 0.168 e. The first-order valence-corrected chi connectivity index (χ1v) is 7.54. The predicted octanol–water partition coefficient (Wildman–Crippen LogP) is 5.08. The molecule has 0 amide bonds. The molecule has 116 valence electrons. The van der Waals surface area contributed by atoms with E-state index < -0.39 is 0 Å². The zero-order valence-corrected chi connectivity index (χ0v) is 13.7. The van der Waals surface area contributed by atoms with Crippen LogP contribution in [0.2, 0.25) is 5.02 Å². The lowest BCUT2D eigenvalue weighted by Crippen LogP contribution is -1.93. The lowest BCUT2D eigenvalue weighted by atomic mass is 10.1. The summed E-state index contributed by atoms with van der Waals surface area (Å²) >= 11 is 6.13. The highest BCUT2D eigenvalue weighted by Gasteiger charge is 2.09. The average Bonchev–Trinajstić information content (AvgIpc) is 2.59. The van der Waals surface area contributed by atoms with Crippen LogP contribution in [0.1, 0.15) is 11.3 Å². The van der Waals surface area contributed by atoms with Gasteiger partial charge in [-0.3, -0.25) is 0 Å². The first-order chi connectivity index (χ1) is 11.2. The molecule has 0 aliphatic heterocycles. The van der Waals surface area contributed by atoms with E-state index in [1.54, 1.807) is 20.3 Å². The molecule has 3 nitrogen and oxygen atoms in total. The molecule has 4 heteroatoms. The van der Waals surface area contributed by atoms with Crippen LogP contribution in [0.5, 0.6) is 11.5 Å². The molecule has 0 unspecified atom stereocenters. The molecule has 0 saturated carbocycles. The molecule has 23 heavy (non-hydrogen) atoms. The van der Waals surface area contributed by atoms with Crippen LogP contribution in [0.3, 0.4) is 0 Å². The van der Waals surface area contributed by atoms with E-state index in [0.717, 1.165) is 22.2 Å². The van der Waals surface area contributed by atoms with Gasteiger partial charge in [0.15, 0.2) is 11.5 Å².